The Hall–Kier alpha value is -1.68. The molecule has 2 aromatic rings. The number of nitrogens with zero attached hydrogens (tertiary/aromatic N) is 2. The molecule has 0 saturated carbocycles. The monoisotopic (exact) mass is 218 g/mol. The van der Waals surface area contributed by atoms with Crippen molar-refractivity contribution in [3.8, 4) is 11.4 Å². The highest BCUT2D eigenvalue weighted by Gasteiger charge is 2.11. The molecule has 1 heterocycles. The van der Waals surface area contributed by atoms with E-state index in [1.807, 2.05) is 37.3 Å². The number of hydrogen-bond acceptors (Lipinski definition) is 4. The summed E-state index contributed by atoms with van der Waals surface area (Å²) in [5, 5.41) is 13.3. The lowest BCUT2D eigenvalue weighted by Gasteiger charge is -2.01. The zero-order chi connectivity index (χ0) is 11.4. The summed E-state index contributed by atoms with van der Waals surface area (Å²) < 4.78 is 5.07. The van der Waals surface area contributed by atoms with E-state index in [1.54, 1.807) is 0 Å². The van der Waals surface area contributed by atoms with Gasteiger partial charge in [-0.05, 0) is 6.42 Å². The standard InChI is InChI=1S/C12H14N2O2/c1-2-10(15)8-11-13-12(14-16-11)9-6-4-3-5-7-9/h3-7,10,15H,2,8H2,1H3. The van der Waals surface area contributed by atoms with Gasteiger partial charge in [0.2, 0.25) is 11.7 Å². The van der Waals surface area contributed by atoms with Crippen molar-refractivity contribution in [2.45, 2.75) is 25.9 Å². The zero-order valence-electron chi connectivity index (χ0n) is 9.13. The second kappa shape index (κ2) is 4.90. The fourth-order valence-electron chi connectivity index (χ4n) is 1.39. The molecular formula is C12H14N2O2. The Balaban J connectivity index is 2.14. The topological polar surface area (TPSA) is 59.2 Å². The molecule has 0 saturated heterocycles. The van der Waals surface area contributed by atoms with Crippen LogP contribution in [0.3, 0.4) is 0 Å². The highest BCUT2D eigenvalue weighted by molar-refractivity contribution is 5.53. The maximum Gasteiger partial charge on any atom is 0.229 e. The van der Waals surface area contributed by atoms with Gasteiger partial charge in [0, 0.05) is 5.56 Å². The van der Waals surface area contributed by atoms with Crippen LogP contribution in [0, 0.1) is 0 Å². The van der Waals surface area contributed by atoms with Crippen molar-refractivity contribution in [1.82, 2.24) is 10.1 Å². The van der Waals surface area contributed by atoms with Gasteiger partial charge in [-0.25, -0.2) is 0 Å². The molecule has 0 aliphatic carbocycles. The third kappa shape index (κ3) is 2.46. The van der Waals surface area contributed by atoms with Gasteiger partial charge in [0.1, 0.15) is 0 Å². The Morgan fingerprint density at radius 1 is 1.31 bits per heavy atom. The Morgan fingerprint density at radius 3 is 2.75 bits per heavy atom. The SMILES string of the molecule is CCC(O)Cc1nc(-c2ccccc2)no1. The van der Waals surface area contributed by atoms with Crippen molar-refractivity contribution in [2.75, 3.05) is 0 Å². The van der Waals surface area contributed by atoms with E-state index in [2.05, 4.69) is 10.1 Å². The van der Waals surface area contributed by atoms with E-state index in [0.29, 0.717) is 24.6 Å². The maximum atomic E-state index is 9.46. The van der Waals surface area contributed by atoms with Crippen LogP contribution in [0.2, 0.25) is 0 Å². The number of aromatic nitrogens is 2. The fraction of sp³-hybridized carbons (Fsp3) is 0.333. The van der Waals surface area contributed by atoms with Crippen LogP contribution in [0.15, 0.2) is 34.9 Å². The minimum atomic E-state index is -0.413. The van der Waals surface area contributed by atoms with Gasteiger partial charge in [0.05, 0.1) is 12.5 Å². The molecule has 2 rings (SSSR count). The van der Waals surface area contributed by atoms with E-state index in [4.69, 9.17) is 4.52 Å². The second-order valence-electron chi connectivity index (χ2n) is 3.64. The minimum absolute atomic E-state index is 0.413. The van der Waals surface area contributed by atoms with Crippen molar-refractivity contribution < 1.29 is 9.63 Å². The summed E-state index contributed by atoms with van der Waals surface area (Å²) in [7, 11) is 0. The van der Waals surface area contributed by atoms with Crippen LogP contribution in [0.4, 0.5) is 0 Å². The zero-order valence-corrected chi connectivity index (χ0v) is 9.13. The molecule has 1 unspecified atom stereocenters. The molecule has 0 bridgehead atoms. The summed E-state index contributed by atoms with van der Waals surface area (Å²) in [5.41, 5.74) is 0.920. The van der Waals surface area contributed by atoms with Gasteiger partial charge in [-0.15, -0.1) is 0 Å². The van der Waals surface area contributed by atoms with Crippen molar-refractivity contribution >= 4 is 0 Å². The van der Waals surface area contributed by atoms with Crippen LogP contribution < -0.4 is 0 Å². The lowest BCUT2D eigenvalue weighted by Crippen LogP contribution is -2.08. The molecule has 0 radical (unpaired) electrons. The molecule has 0 spiro atoms. The molecule has 1 atom stereocenters. The predicted molar refractivity (Wildman–Crippen MR) is 59.7 cm³/mol. The molecule has 0 fully saturated rings. The van der Waals surface area contributed by atoms with E-state index in [1.165, 1.54) is 0 Å². The quantitative estimate of drug-likeness (QED) is 0.853. The summed E-state index contributed by atoms with van der Waals surface area (Å²) in [4.78, 5) is 4.23. The van der Waals surface area contributed by atoms with Gasteiger partial charge in [0.25, 0.3) is 0 Å². The predicted octanol–water partition coefficient (Wildman–Crippen LogP) is 2.05. The summed E-state index contributed by atoms with van der Waals surface area (Å²) in [6.45, 7) is 1.92. The van der Waals surface area contributed by atoms with Gasteiger partial charge in [0.15, 0.2) is 0 Å². The average Bonchev–Trinajstić information content (AvgIpc) is 2.78. The lowest BCUT2D eigenvalue weighted by atomic mass is 10.2. The van der Waals surface area contributed by atoms with E-state index in [9.17, 15) is 5.11 Å². The second-order valence-corrected chi connectivity index (χ2v) is 3.64. The Bertz CT molecular complexity index is 439. The largest absolute Gasteiger partial charge is 0.393 e. The van der Waals surface area contributed by atoms with Crippen LogP contribution in [0.1, 0.15) is 19.2 Å². The van der Waals surface area contributed by atoms with Crippen LogP contribution in [-0.4, -0.2) is 21.4 Å². The van der Waals surface area contributed by atoms with Gasteiger partial charge < -0.3 is 9.63 Å². The number of aliphatic hydroxyl groups excluding tert-OH is 1. The maximum absolute atomic E-state index is 9.46. The van der Waals surface area contributed by atoms with E-state index >= 15 is 0 Å². The van der Waals surface area contributed by atoms with E-state index in [-0.39, 0.29) is 0 Å². The summed E-state index contributed by atoms with van der Waals surface area (Å²) >= 11 is 0. The molecule has 4 heteroatoms. The van der Waals surface area contributed by atoms with Gasteiger partial charge in [-0.2, -0.15) is 4.98 Å². The van der Waals surface area contributed by atoms with Gasteiger partial charge in [-0.1, -0.05) is 42.4 Å². The molecule has 1 aromatic carbocycles. The first-order valence-electron chi connectivity index (χ1n) is 5.35. The Labute approximate surface area is 93.9 Å². The highest BCUT2D eigenvalue weighted by Crippen LogP contribution is 2.15. The molecule has 0 amide bonds. The molecule has 16 heavy (non-hydrogen) atoms. The fourth-order valence-corrected chi connectivity index (χ4v) is 1.39. The highest BCUT2D eigenvalue weighted by atomic mass is 16.5. The van der Waals surface area contributed by atoms with E-state index in [0.717, 1.165) is 5.56 Å². The Kier molecular flexibility index (Phi) is 3.31. The first-order chi connectivity index (χ1) is 7.79. The molecule has 1 N–H and O–H groups in total. The minimum Gasteiger partial charge on any atom is -0.393 e. The normalized spacial score (nSPS) is 12.6. The van der Waals surface area contributed by atoms with Crippen LogP contribution in [0.5, 0.6) is 0 Å². The molecule has 0 aliphatic heterocycles. The van der Waals surface area contributed by atoms with Crippen molar-refractivity contribution in [2.24, 2.45) is 0 Å². The first kappa shape index (κ1) is 10.8. The van der Waals surface area contributed by atoms with Gasteiger partial charge in [-0.3, -0.25) is 0 Å². The van der Waals surface area contributed by atoms with Crippen molar-refractivity contribution in [3.63, 3.8) is 0 Å². The van der Waals surface area contributed by atoms with Crippen molar-refractivity contribution in [3.05, 3.63) is 36.2 Å². The number of hydrogen-bond donors (Lipinski definition) is 1. The summed E-state index contributed by atoms with van der Waals surface area (Å²) in [5.74, 6) is 1.05. The molecule has 84 valence electrons. The van der Waals surface area contributed by atoms with E-state index < -0.39 is 6.10 Å². The summed E-state index contributed by atoms with van der Waals surface area (Å²) in [6.07, 6.45) is 0.684. The van der Waals surface area contributed by atoms with Gasteiger partial charge >= 0.3 is 0 Å². The van der Waals surface area contributed by atoms with Crippen LogP contribution in [0.25, 0.3) is 11.4 Å². The lowest BCUT2D eigenvalue weighted by molar-refractivity contribution is 0.158. The number of rotatable bonds is 4. The third-order valence-electron chi connectivity index (χ3n) is 2.38. The summed E-state index contributed by atoms with van der Waals surface area (Å²) in [6, 6.07) is 9.62. The Morgan fingerprint density at radius 2 is 2.06 bits per heavy atom. The number of aliphatic hydroxyl groups is 1. The van der Waals surface area contributed by atoms with Crippen LogP contribution >= 0.6 is 0 Å². The number of benzene rings is 1. The van der Waals surface area contributed by atoms with Crippen LogP contribution in [-0.2, 0) is 6.42 Å². The smallest absolute Gasteiger partial charge is 0.229 e. The first-order valence-corrected chi connectivity index (χ1v) is 5.35. The molecule has 4 nitrogen and oxygen atoms in total. The molecule has 1 aromatic heterocycles. The average molecular weight is 218 g/mol. The van der Waals surface area contributed by atoms with Crippen molar-refractivity contribution in [1.29, 1.82) is 0 Å². The molecular weight excluding hydrogens is 204 g/mol. The molecule has 0 aliphatic rings. The third-order valence-corrected chi connectivity index (χ3v) is 2.38.